The Labute approximate surface area is 87.0 Å². The lowest BCUT2D eigenvalue weighted by Gasteiger charge is -2.29. The molecule has 14 heavy (non-hydrogen) atoms. The van der Waals surface area contributed by atoms with Crippen LogP contribution in [-0.2, 0) is 4.79 Å². The largest absolute Gasteiger partial charge is 0.370 e. The molecule has 0 saturated heterocycles. The van der Waals surface area contributed by atoms with E-state index in [0.29, 0.717) is 12.5 Å². The molecule has 0 aromatic rings. The van der Waals surface area contributed by atoms with Gasteiger partial charge in [-0.05, 0) is 27.6 Å². The molecular formula is C10H23N3O. The molecule has 0 aromatic heterocycles. The van der Waals surface area contributed by atoms with E-state index < -0.39 is 0 Å². The number of hydrogen-bond acceptors (Lipinski definition) is 3. The number of hydrogen-bond donors (Lipinski definition) is 1. The van der Waals surface area contributed by atoms with Crippen LogP contribution in [0.25, 0.3) is 0 Å². The van der Waals surface area contributed by atoms with Crippen LogP contribution < -0.4 is 5.73 Å². The molecule has 0 rings (SSSR count). The van der Waals surface area contributed by atoms with Crippen molar-refractivity contribution >= 4 is 5.91 Å². The molecule has 1 atom stereocenters. The first-order chi connectivity index (χ1) is 6.47. The average Bonchev–Trinajstić information content (AvgIpc) is 2.03. The minimum absolute atomic E-state index is 0.222. The molecule has 0 bridgehead atoms. The van der Waals surface area contributed by atoms with Crippen LogP contribution in [0.2, 0.25) is 0 Å². The van der Waals surface area contributed by atoms with Gasteiger partial charge in [-0.1, -0.05) is 6.92 Å². The number of carbonyl (C=O) groups is 1. The Morgan fingerprint density at radius 3 is 2.36 bits per heavy atom. The van der Waals surface area contributed by atoms with Gasteiger partial charge >= 0.3 is 0 Å². The first kappa shape index (κ1) is 13.4. The Bertz CT molecular complexity index is 171. The number of nitrogens with two attached hydrogens (primary N) is 1. The summed E-state index contributed by atoms with van der Waals surface area (Å²) in [6, 6.07) is 0.467. The van der Waals surface area contributed by atoms with Crippen LogP contribution in [0.15, 0.2) is 0 Å². The molecule has 0 fully saturated rings. The lowest BCUT2D eigenvalue weighted by Crippen LogP contribution is -2.41. The lowest BCUT2D eigenvalue weighted by molar-refractivity contribution is -0.118. The summed E-state index contributed by atoms with van der Waals surface area (Å²) in [4.78, 5) is 15.1. The summed E-state index contributed by atoms with van der Waals surface area (Å²) in [5, 5.41) is 0. The maximum Gasteiger partial charge on any atom is 0.218 e. The molecule has 0 aliphatic rings. The highest BCUT2D eigenvalue weighted by Crippen LogP contribution is 2.01. The molecule has 2 N–H and O–H groups in total. The summed E-state index contributed by atoms with van der Waals surface area (Å²) < 4.78 is 0. The second-order valence-electron chi connectivity index (χ2n) is 3.96. The molecular weight excluding hydrogens is 178 g/mol. The van der Waals surface area contributed by atoms with E-state index in [1.54, 1.807) is 0 Å². The van der Waals surface area contributed by atoms with Gasteiger partial charge in [-0.15, -0.1) is 0 Å². The van der Waals surface area contributed by atoms with Gasteiger partial charge in [-0.2, -0.15) is 0 Å². The van der Waals surface area contributed by atoms with Gasteiger partial charge in [-0.3, -0.25) is 9.69 Å². The van der Waals surface area contributed by atoms with Crippen LogP contribution in [0.4, 0.5) is 0 Å². The first-order valence-corrected chi connectivity index (χ1v) is 5.14. The van der Waals surface area contributed by atoms with Crippen molar-refractivity contribution in [1.82, 2.24) is 9.80 Å². The van der Waals surface area contributed by atoms with Crippen molar-refractivity contribution in [2.24, 2.45) is 5.73 Å². The Kier molecular flexibility index (Phi) is 6.49. The average molecular weight is 201 g/mol. The van der Waals surface area contributed by atoms with Crippen molar-refractivity contribution < 1.29 is 4.79 Å². The molecule has 0 heterocycles. The Hall–Kier alpha value is -0.610. The van der Waals surface area contributed by atoms with Crippen molar-refractivity contribution in [3.63, 3.8) is 0 Å². The normalized spacial score (nSPS) is 13.6. The molecule has 1 unspecified atom stereocenters. The van der Waals surface area contributed by atoms with E-state index in [4.69, 9.17) is 5.73 Å². The maximum absolute atomic E-state index is 10.6. The fourth-order valence-electron chi connectivity index (χ4n) is 1.59. The topological polar surface area (TPSA) is 49.6 Å². The van der Waals surface area contributed by atoms with Gasteiger partial charge in [0, 0.05) is 25.6 Å². The van der Waals surface area contributed by atoms with Gasteiger partial charge in [0.25, 0.3) is 0 Å². The van der Waals surface area contributed by atoms with Crippen molar-refractivity contribution in [3.8, 4) is 0 Å². The van der Waals surface area contributed by atoms with Gasteiger partial charge in [0.05, 0.1) is 0 Å². The third-order valence-electron chi connectivity index (χ3n) is 2.30. The van der Waals surface area contributed by atoms with E-state index in [2.05, 4.69) is 37.7 Å². The third-order valence-corrected chi connectivity index (χ3v) is 2.30. The molecule has 0 radical (unpaired) electrons. The fourth-order valence-corrected chi connectivity index (χ4v) is 1.59. The first-order valence-electron chi connectivity index (χ1n) is 5.14. The zero-order valence-corrected chi connectivity index (χ0v) is 9.79. The summed E-state index contributed by atoms with van der Waals surface area (Å²) in [7, 11) is 4.11. The van der Waals surface area contributed by atoms with E-state index in [1.807, 2.05) is 0 Å². The summed E-state index contributed by atoms with van der Waals surface area (Å²) in [5.74, 6) is -0.222. The SMILES string of the molecule is CCN(CCC(N)=O)C(C)CN(C)C. The highest BCUT2D eigenvalue weighted by molar-refractivity contribution is 5.73. The Balaban J connectivity index is 3.92. The number of primary amides is 1. The van der Waals surface area contributed by atoms with Gasteiger partial charge in [0.2, 0.25) is 5.91 Å². The van der Waals surface area contributed by atoms with E-state index in [-0.39, 0.29) is 5.91 Å². The summed E-state index contributed by atoms with van der Waals surface area (Å²) in [6.45, 7) is 7.01. The standard InChI is InChI=1S/C10H23N3O/c1-5-13(7-6-10(11)14)9(2)8-12(3)4/h9H,5-8H2,1-4H3,(H2,11,14). The van der Waals surface area contributed by atoms with Crippen molar-refractivity contribution in [2.45, 2.75) is 26.3 Å². The molecule has 0 saturated carbocycles. The summed E-state index contributed by atoms with van der Waals surface area (Å²) >= 11 is 0. The van der Waals surface area contributed by atoms with Crippen LogP contribution in [0.3, 0.4) is 0 Å². The Morgan fingerprint density at radius 1 is 1.43 bits per heavy atom. The quantitative estimate of drug-likeness (QED) is 0.637. The predicted molar refractivity (Wildman–Crippen MR) is 59.1 cm³/mol. The molecule has 4 heteroatoms. The van der Waals surface area contributed by atoms with Gasteiger partial charge in [-0.25, -0.2) is 0 Å². The second kappa shape index (κ2) is 6.79. The van der Waals surface area contributed by atoms with Crippen LogP contribution >= 0.6 is 0 Å². The highest BCUT2D eigenvalue weighted by atomic mass is 16.1. The van der Waals surface area contributed by atoms with E-state index in [0.717, 1.165) is 19.6 Å². The highest BCUT2D eigenvalue weighted by Gasteiger charge is 2.12. The number of rotatable bonds is 7. The molecule has 0 spiro atoms. The smallest absolute Gasteiger partial charge is 0.218 e. The maximum atomic E-state index is 10.6. The second-order valence-corrected chi connectivity index (χ2v) is 3.96. The zero-order chi connectivity index (χ0) is 11.1. The summed E-state index contributed by atoms with van der Waals surface area (Å²) in [5.41, 5.74) is 5.12. The van der Waals surface area contributed by atoms with Gasteiger partial charge in [0.15, 0.2) is 0 Å². The number of carbonyl (C=O) groups excluding carboxylic acids is 1. The number of nitrogens with zero attached hydrogens (tertiary/aromatic N) is 2. The molecule has 0 aromatic carbocycles. The molecule has 84 valence electrons. The van der Waals surface area contributed by atoms with Crippen molar-refractivity contribution in [2.75, 3.05) is 33.7 Å². The molecule has 1 amide bonds. The molecule has 0 aliphatic heterocycles. The van der Waals surface area contributed by atoms with Crippen molar-refractivity contribution in [3.05, 3.63) is 0 Å². The van der Waals surface area contributed by atoms with Gasteiger partial charge < -0.3 is 10.6 Å². The van der Waals surface area contributed by atoms with E-state index in [9.17, 15) is 4.79 Å². The molecule has 0 aliphatic carbocycles. The van der Waals surface area contributed by atoms with Crippen LogP contribution in [0, 0.1) is 0 Å². The van der Waals surface area contributed by atoms with Crippen LogP contribution in [0.5, 0.6) is 0 Å². The lowest BCUT2D eigenvalue weighted by atomic mass is 10.2. The zero-order valence-electron chi connectivity index (χ0n) is 9.79. The summed E-state index contributed by atoms with van der Waals surface area (Å²) in [6.07, 6.45) is 0.450. The fraction of sp³-hybridized carbons (Fsp3) is 0.900. The van der Waals surface area contributed by atoms with E-state index >= 15 is 0 Å². The monoisotopic (exact) mass is 201 g/mol. The minimum Gasteiger partial charge on any atom is -0.370 e. The number of likely N-dealkylation sites (N-methyl/N-ethyl adjacent to an activating group) is 2. The molecule has 4 nitrogen and oxygen atoms in total. The van der Waals surface area contributed by atoms with Crippen molar-refractivity contribution in [1.29, 1.82) is 0 Å². The third kappa shape index (κ3) is 5.94. The predicted octanol–water partition coefficient (Wildman–Crippen LogP) is 0.134. The van der Waals surface area contributed by atoms with Crippen LogP contribution in [-0.4, -0.2) is 55.5 Å². The number of amides is 1. The van der Waals surface area contributed by atoms with Gasteiger partial charge in [0.1, 0.15) is 0 Å². The van der Waals surface area contributed by atoms with Crippen LogP contribution in [0.1, 0.15) is 20.3 Å². The van der Waals surface area contributed by atoms with E-state index in [1.165, 1.54) is 0 Å². The minimum atomic E-state index is -0.222. The Morgan fingerprint density at radius 2 is 2.00 bits per heavy atom.